The topological polar surface area (TPSA) is 12.0 Å². The van der Waals surface area contributed by atoms with Gasteiger partial charge in [0.15, 0.2) is 0 Å². The van der Waals surface area contributed by atoms with Crippen molar-refractivity contribution in [2.75, 3.05) is 7.05 Å². The van der Waals surface area contributed by atoms with Gasteiger partial charge < -0.3 is 5.32 Å². The Kier molecular flexibility index (Phi) is 2.44. The lowest BCUT2D eigenvalue weighted by Crippen LogP contribution is -2.10. The summed E-state index contributed by atoms with van der Waals surface area (Å²) >= 11 is 1.95. The maximum Gasteiger partial charge on any atom is 0.0213 e. The summed E-state index contributed by atoms with van der Waals surface area (Å²) in [4.78, 5) is 1.62. The molecule has 1 aliphatic carbocycles. The molecule has 1 atom stereocenters. The van der Waals surface area contributed by atoms with Crippen LogP contribution in [0.3, 0.4) is 0 Å². The molecule has 1 nitrogen and oxygen atoms in total. The highest BCUT2D eigenvalue weighted by molar-refractivity contribution is 7.10. The summed E-state index contributed by atoms with van der Waals surface area (Å²) in [5.41, 5.74) is 3.56. The quantitative estimate of drug-likeness (QED) is 0.788. The summed E-state index contributed by atoms with van der Waals surface area (Å²) in [7, 11) is 2.02. The molecule has 1 aromatic heterocycles. The Morgan fingerprint density at radius 1 is 1.57 bits per heavy atom. The highest BCUT2D eigenvalue weighted by Crippen LogP contribution is 2.50. The highest BCUT2D eigenvalue weighted by atomic mass is 32.1. The molecule has 2 rings (SSSR count). The number of hydrogen-bond acceptors (Lipinski definition) is 2. The van der Waals surface area contributed by atoms with Crippen LogP contribution >= 0.6 is 11.3 Å². The summed E-state index contributed by atoms with van der Waals surface area (Å²) < 4.78 is 0. The molecule has 14 heavy (non-hydrogen) atoms. The number of thiophene rings is 1. The van der Waals surface area contributed by atoms with E-state index in [-0.39, 0.29) is 0 Å². The Bertz CT molecular complexity index is 338. The van der Waals surface area contributed by atoms with E-state index in [0.717, 1.165) is 12.5 Å². The Labute approximate surface area is 90.5 Å². The van der Waals surface area contributed by atoms with E-state index < -0.39 is 0 Å². The van der Waals surface area contributed by atoms with Crippen molar-refractivity contribution < 1.29 is 0 Å². The van der Waals surface area contributed by atoms with Gasteiger partial charge in [-0.1, -0.05) is 20.8 Å². The van der Waals surface area contributed by atoms with Crippen LogP contribution in [0.1, 0.15) is 49.1 Å². The average Bonchev–Trinajstić information content (AvgIpc) is 2.56. The number of hydrogen-bond donors (Lipinski definition) is 1. The molecule has 0 spiro atoms. The van der Waals surface area contributed by atoms with Gasteiger partial charge in [-0.3, -0.25) is 0 Å². The Hall–Kier alpha value is -0.340. The third kappa shape index (κ3) is 1.41. The fraction of sp³-hybridized carbons (Fsp3) is 0.667. The predicted molar refractivity (Wildman–Crippen MR) is 63.1 cm³/mol. The van der Waals surface area contributed by atoms with Gasteiger partial charge in [0.05, 0.1) is 0 Å². The van der Waals surface area contributed by atoms with E-state index in [2.05, 4.69) is 31.5 Å². The molecule has 1 aromatic rings. The zero-order chi connectivity index (χ0) is 10.3. The molecular formula is C12H19NS. The smallest absolute Gasteiger partial charge is 0.0213 e. The summed E-state index contributed by atoms with van der Waals surface area (Å²) in [6.07, 6.45) is 1.31. The molecule has 0 saturated carbocycles. The van der Waals surface area contributed by atoms with Gasteiger partial charge in [-0.2, -0.15) is 0 Å². The number of nitrogens with one attached hydrogen (secondary N) is 1. The highest BCUT2D eigenvalue weighted by Gasteiger charge is 2.37. The third-order valence-electron chi connectivity index (χ3n) is 3.20. The van der Waals surface area contributed by atoms with E-state index in [4.69, 9.17) is 0 Å². The summed E-state index contributed by atoms with van der Waals surface area (Å²) in [6.45, 7) is 8.12. The Morgan fingerprint density at radius 3 is 2.93 bits per heavy atom. The third-order valence-corrected chi connectivity index (χ3v) is 4.61. The van der Waals surface area contributed by atoms with Gasteiger partial charge in [0.1, 0.15) is 0 Å². The minimum absolute atomic E-state index is 0.408. The molecule has 0 fully saturated rings. The van der Waals surface area contributed by atoms with Crippen LogP contribution in [-0.2, 0) is 12.0 Å². The Balaban J connectivity index is 2.43. The van der Waals surface area contributed by atoms with Crippen LogP contribution in [0.5, 0.6) is 0 Å². The second-order valence-corrected chi connectivity index (χ2v) is 5.90. The maximum absolute atomic E-state index is 3.25. The first-order valence-corrected chi connectivity index (χ1v) is 6.19. The summed E-state index contributed by atoms with van der Waals surface area (Å²) in [6, 6.07) is 0. The van der Waals surface area contributed by atoms with E-state index in [1.807, 2.05) is 18.4 Å². The molecule has 0 aromatic carbocycles. The standard InChI is InChI=1S/C12H19NS/c1-8-5-12(2,3)11-10(8)9(6-13-4)7-14-11/h7-8,13H,5-6H2,1-4H3. The van der Waals surface area contributed by atoms with Crippen molar-refractivity contribution >= 4 is 11.3 Å². The second kappa shape index (κ2) is 3.35. The van der Waals surface area contributed by atoms with Crippen molar-refractivity contribution in [1.82, 2.24) is 5.32 Å². The zero-order valence-electron chi connectivity index (χ0n) is 9.48. The lowest BCUT2D eigenvalue weighted by molar-refractivity contribution is 0.494. The molecule has 1 unspecified atom stereocenters. The molecule has 2 heteroatoms. The van der Waals surface area contributed by atoms with Crippen molar-refractivity contribution in [3.8, 4) is 0 Å². The largest absolute Gasteiger partial charge is 0.316 e. The van der Waals surface area contributed by atoms with Gasteiger partial charge in [0, 0.05) is 11.4 Å². The van der Waals surface area contributed by atoms with Gasteiger partial charge >= 0.3 is 0 Å². The van der Waals surface area contributed by atoms with Gasteiger partial charge in [-0.15, -0.1) is 11.3 Å². The van der Waals surface area contributed by atoms with Crippen molar-refractivity contribution in [1.29, 1.82) is 0 Å². The minimum Gasteiger partial charge on any atom is -0.316 e. The second-order valence-electron chi connectivity index (χ2n) is 5.02. The van der Waals surface area contributed by atoms with Crippen molar-refractivity contribution in [3.05, 3.63) is 21.4 Å². The van der Waals surface area contributed by atoms with E-state index in [0.29, 0.717) is 5.41 Å². The summed E-state index contributed by atoms with van der Waals surface area (Å²) in [5.74, 6) is 0.745. The van der Waals surface area contributed by atoms with Crippen molar-refractivity contribution in [2.45, 2.75) is 45.1 Å². The fourth-order valence-corrected chi connectivity index (χ4v) is 4.09. The van der Waals surface area contributed by atoms with Crippen LogP contribution in [0.4, 0.5) is 0 Å². The average molecular weight is 209 g/mol. The Morgan fingerprint density at radius 2 is 2.29 bits per heavy atom. The van der Waals surface area contributed by atoms with Crippen LogP contribution in [-0.4, -0.2) is 7.05 Å². The van der Waals surface area contributed by atoms with Crippen LogP contribution < -0.4 is 5.32 Å². The van der Waals surface area contributed by atoms with E-state index in [1.165, 1.54) is 12.0 Å². The molecule has 78 valence electrons. The van der Waals surface area contributed by atoms with E-state index in [1.54, 1.807) is 10.4 Å². The first-order chi connectivity index (χ1) is 6.56. The number of rotatable bonds is 2. The molecule has 1 aliphatic rings. The molecular weight excluding hydrogens is 190 g/mol. The first-order valence-electron chi connectivity index (χ1n) is 5.31. The van der Waals surface area contributed by atoms with Crippen LogP contribution in [0.2, 0.25) is 0 Å². The van der Waals surface area contributed by atoms with E-state index in [9.17, 15) is 0 Å². The van der Waals surface area contributed by atoms with Crippen molar-refractivity contribution in [2.24, 2.45) is 0 Å². The molecule has 0 bridgehead atoms. The molecule has 0 radical (unpaired) electrons. The number of fused-ring (bicyclic) bond motifs is 1. The SMILES string of the molecule is CNCc1csc2c1C(C)CC2(C)C. The van der Waals surface area contributed by atoms with Gasteiger partial charge in [-0.05, 0) is 41.3 Å². The lowest BCUT2D eigenvalue weighted by Gasteiger charge is -2.16. The fourth-order valence-electron chi connectivity index (χ4n) is 2.75. The van der Waals surface area contributed by atoms with Crippen LogP contribution in [0, 0.1) is 0 Å². The van der Waals surface area contributed by atoms with Gasteiger partial charge in [-0.25, -0.2) is 0 Å². The van der Waals surface area contributed by atoms with Crippen molar-refractivity contribution in [3.63, 3.8) is 0 Å². The maximum atomic E-state index is 3.25. The molecule has 0 saturated heterocycles. The predicted octanol–water partition coefficient (Wildman–Crippen LogP) is 3.25. The lowest BCUT2D eigenvalue weighted by atomic mass is 9.91. The van der Waals surface area contributed by atoms with E-state index >= 15 is 0 Å². The van der Waals surface area contributed by atoms with Crippen LogP contribution in [0.25, 0.3) is 0 Å². The minimum atomic E-state index is 0.408. The first kappa shape index (κ1) is 10.2. The van der Waals surface area contributed by atoms with Gasteiger partial charge in [0.25, 0.3) is 0 Å². The monoisotopic (exact) mass is 209 g/mol. The molecule has 0 aliphatic heterocycles. The normalized spacial score (nSPS) is 23.9. The molecule has 1 heterocycles. The summed E-state index contributed by atoms with van der Waals surface area (Å²) in [5, 5.41) is 5.59. The van der Waals surface area contributed by atoms with Gasteiger partial charge in [0.2, 0.25) is 0 Å². The zero-order valence-corrected chi connectivity index (χ0v) is 10.3. The molecule has 0 amide bonds. The van der Waals surface area contributed by atoms with Crippen LogP contribution in [0.15, 0.2) is 5.38 Å². The molecule has 1 N–H and O–H groups in total.